The Labute approximate surface area is 146 Å². The van der Waals surface area contributed by atoms with Crippen molar-refractivity contribution in [1.82, 2.24) is 4.72 Å². The number of benzene rings is 2. The molecule has 128 valence electrons. The third-order valence-corrected chi connectivity index (χ3v) is 4.85. The molecule has 0 aliphatic rings. The monoisotopic (exact) mass is 367 g/mol. The van der Waals surface area contributed by atoms with E-state index in [1.54, 1.807) is 30.3 Å². The SMILES string of the molecule is CCOc1ccc(S(=O)(=O)NC(=O)CCc2cccc(Cl)c2)cc1. The van der Waals surface area contributed by atoms with Crippen LogP contribution >= 0.6 is 11.6 Å². The Kier molecular flexibility index (Phi) is 6.23. The number of hydrogen-bond acceptors (Lipinski definition) is 4. The molecule has 0 saturated carbocycles. The molecular weight excluding hydrogens is 350 g/mol. The lowest BCUT2D eigenvalue weighted by atomic mass is 10.1. The highest BCUT2D eigenvalue weighted by Crippen LogP contribution is 2.16. The van der Waals surface area contributed by atoms with Crippen LogP contribution in [0.25, 0.3) is 0 Å². The lowest BCUT2D eigenvalue weighted by Crippen LogP contribution is -2.30. The van der Waals surface area contributed by atoms with Crippen LogP contribution in [0.15, 0.2) is 53.4 Å². The molecule has 0 aromatic heterocycles. The van der Waals surface area contributed by atoms with Gasteiger partial charge in [0.1, 0.15) is 5.75 Å². The van der Waals surface area contributed by atoms with Gasteiger partial charge in [-0.1, -0.05) is 23.7 Å². The molecule has 0 bridgehead atoms. The van der Waals surface area contributed by atoms with E-state index in [4.69, 9.17) is 16.3 Å². The van der Waals surface area contributed by atoms with Crippen molar-refractivity contribution in [2.24, 2.45) is 0 Å². The maximum Gasteiger partial charge on any atom is 0.264 e. The summed E-state index contributed by atoms with van der Waals surface area (Å²) in [4.78, 5) is 11.9. The van der Waals surface area contributed by atoms with Crippen molar-refractivity contribution in [2.75, 3.05) is 6.61 Å². The summed E-state index contributed by atoms with van der Waals surface area (Å²) in [6.45, 7) is 2.33. The standard InChI is InChI=1S/C17H18ClNO4S/c1-2-23-15-7-9-16(10-8-15)24(21,22)19-17(20)11-6-13-4-3-5-14(18)12-13/h3-5,7-10,12H,2,6,11H2,1H3,(H,19,20). The van der Waals surface area contributed by atoms with E-state index in [0.29, 0.717) is 23.8 Å². The van der Waals surface area contributed by atoms with Gasteiger partial charge in [-0.05, 0) is 55.3 Å². The Bertz CT molecular complexity index is 804. The van der Waals surface area contributed by atoms with E-state index in [1.165, 1.54) is 12.1 Å². The molecule has 2 rings (SSSR count). The van der Waals surface area contributed by atoms with Gasteiger partial charge in [0.25, 0.3) is 10.0 Å². The highest BCUT2D eigenvalue weighted by Gasteiger charge is 2.17. The van der Waals surface area contributed by atoms with Crippen LogP contribution in [0.3, 0.4) is 0 Å². The lowest BCUT2D eigenvalue weighted by Gasteiger charge is -2.08. The van der Waals surface area contributed by atoms with E-state index >= 15 is 0 Å². The van der Waals surface area contributed by atoms with Gasteiger partial charge in [-0.3, -0.25) is 4.79 Å². The Hall–Kier alpha value is -2.05. The molecule has 0 aliphatic carbocycles. The summed E-state index contributed by atoms with van der Waals surface area (Å²) < 4.78 is 31.7. The van der Waals surface area contributed by atoms with Crippen LogP contribution in [-0.4, -0.2) is 20.9 Å². The first-order valence-corrected chi connectivity index (χ1v) is 9.30. The highest BCUT2D eigenvalue weighted by molar-refractivity contribution is 7.90. The Balaban J connectivity index is 1.96. The van der Waals surface area contributed by atoms with Crippen LogP contribution in [0.2, 0.25) is 5.02 Å². The summed E-state index contributed by atoms with van der Waals surface area (Å²) in [5, 5.41) is 0.579. The van der Waals surface area contributed by atoms with Gasteiger partial charge in [-0.25, -0.2) is 13.1 Å². The van der Waals surface area contributed by atoms with Crippen molar-refractivity contribution in [2.45, 2.75) is 24.7 Å². The molecular formula is C17H18ClNO4S. The molecule has 0 unspecified atom stereocenters. The number of carbonyl (C=O) groups excluding carboxylic acids is 1. The van der Waals surface area contributed by atoms with E-state index in [9.17, 15) is 13.2 Å². The third-order valence-electron chi connectivity index (χ3n) is 3.22. The molecule has 0 radical (unpaired) electrons. The first-order chi connectivity index (χ1) is 11.4. The molecule has 7 heteroatoms. The van der Waals surface area contributed by atoms with Crippen LogP contribution in [0.1, 0.15) is 18.9 Å². The van der Waals surface area contributed by atoms with E-state index in [2.05, 4.69) is 4.72 Å². The van der Waals surface area contributed by atoms with Crippen molar-refractivity contribution >= 4 is 27.5 Å². The van der Waals surface area contributed by atoms with Gasteiger partial charge in [0, 0.05) is 11.4 Å². The van der Waals surface area contributed by atoms with Gasteiger partial charge in [0.15, 0.2) is 0 Å². The van der Waals surface area contributed by atoms with Crippen LogP contribution < -0.4 is 9.46 Å². The molecule has 0 heterocycles. The number of carbonyl (C=O) groups is 1. The van der Waals surface area contributed by atoms with Crippen LogP contribution in [0, 0.1) is 0 Å². The normalized spacial score (nSPS) is 11.1. The zero-order chi connectivity index (χ0) is 17.6. The van der Waals surface area contributed by atoms with Gasteiger partial charge in [-0.2, -0.15) is 0 Å². The Morgan fingerprint density at radius 2 is 1.88 bits per heavy atom. The fourth-order valence-electron chi connectivity index (χ4n) is 2.09. The van der Waals surface area contributed by atoms with Crippen molar-refractivity contribution < 1.29 is 17.9 Å². The Morgan fingerprint density at radius 1 is 1.17 bits per heavy atom. The maximum atomic E-state index is 12.2. The minimum atomic E-state index is -3.88. The fourth-order valence-corrected chi connectivity index (χ4v) is 3.32. The summed E-state index contributed by atoms with van der Waals surface area (Å²) >= 11 is 5.88. The van der Waals surface area contributed by atoms with E-state index < -0.39 is 15.9 Å². The van der Waals surface area contributed by atoms with Gasteiger partial charge in [0.2, 0.25) is 5.91 Å². The molecule has 5 nitrogen and oxygen atoms in total. The highest BCUT2D eigenvalue weighted by atomic mass is 35.5. The number of rotatable bonds is 7. The second-order valence-corrected chi connectivity index (χ2v) is 7.18. The predicted molar refractivity (Wildman–Crippen MR) is 92.7 cm³/mol. The molecule has 0 atom stereocenters. The minimum absolute atomic E-state index is 0.0158. The first kappa shape index (κ1) is 18.3. The molecule has 24 heavy (non-hydrogen) atoms. The molecule has 2 aromatic carbocycles. The molecule has 0 fully saturated rings. The van der Waals surface area contributed by atoms with Gasteiger partial charge < -0.3 is 4.74 Å². The Morgan fingerprint density at radius 3 is 2.50 bits per heavy atom. The smallest absolute Gasteiger partial charge is 0.264 e. The summed E-state index contributed by atoms with van der Waals surface area (Å²) in [5.74, 6) is 0.00703. The van der Waals surface area contributed by atoms with Crippen molar-refractivity contribution in [3.05, 3.63) is 59.1 Å². The number of halogens is 1. The summed E-state index contributed by atoms with van der Waals surface area (Å²) in [7, 11) is -3.88. The van der Waals surface area contributed by atoms with Crippen molar-refractivity contribution in [1.29, 1.82) is 0 Å². The summed E-state index contributed by atoms with van der Waals surface area (Å²) in [6.07, 6.45) is 0.460. The van der Waals surface area contributed by atoms with Crippen molar-refractivity contribution in [3.8, 4) is 5.75 Å². The summed E-state index contributed by atoms with van der Waals surface area (Å²) in [6, 6.07) is 13.0. The van der Waals surface area contributed by atoms with Crippen LogP contribution in [0.4, 0.5) is 0 Å². The van der Waals surface area contributed by atoms with Crippen LogP contribution in [-0.2, 0) is 21.2 Å². The van der Waals surface area contributed by atoms with Gasteiger partial charge in [-0.15, -0.1) is 0 Å². The second-order valence-electron chi connectivity index (χ2n) is 5.06. The third kappa shape index (κ3) is 5.25. The van der Waals surface area contributed by atoms with E-state index in [0.717, 1.165) is 5.56 Å². The zero-order valence-corrected chi connectivity index (χ0v) is 14.7. The number of sulfonamides is 1. The summed E-state index contributed by atoms with van der Waals surface area (Å²) in [5.41, 5.74) is 0.871. The van der Waals surface area contributed by atoms with Crippen LogP contribution in [0.5, 0.6) is 5.75 Å². The number of hydrogen-bond donors (Lipinski definition) is 1. The van der Waals surface area contributed by atoms with Gasteiger partial charge in [0.05, 0.1) is 11.5 Å². The average molecular weight is 368 g/mol. The molecule has 2 aromatic rings. The van der Waals surface area contributed by atoms with E-state index in [-0.39, 0.29) is 11.3 Å². The van der Waals surface area contributed by atoms with Gasteiger partial charge >= 0.3 is 0 Å². The lowest BCUT2D eigenvalue weighted by molar-refractivity contribution is -0.119. The molecule has 0 saturated heterocycles. The van der Waals surface area contributed by atoms with E-state index in [1.807, 2.05) is 13.0 Å². The molecule has 0 spiro atoms. The number of amides is 1. The van der Waals surface area contributed by atoms with Crippen molar-refractivity contribution in [3.63, 3.8) is 0 Å². The quantitative estimate of drug-likeness (QED) is 0.815. The molecule has 1 amide bonds. The second kappa shape index (κ2) is 8.17. The topological polar surface area (TPSA) is 72.5 Å². The number of aryl methyl sites for hydroxylation is 1. The largest absolute Gasteiger partial charge is 0.494 e. The molecule has 0 aliphatic heterocycles. The fraction of sp³-hybridized carbons (Fsp3) is 0.235. The minimum Gasteiger partial charge on any atom is -0.494 e. The zero-order valence-electron chi connectivity index (χ0n) is 13.2. The first-order valence-electron chi connectivity index (χ1n) is 7.43. The maximum absolute atomic E-state index is 12.2. The average Bonchev–Trinajstić information content (AvgIpc) is 2.53. The number of nitrogens with one attached hydrogen (secondary N) is 1. The molecule has 1 N–H and O–H groups in total. The predicted octanol–water partition coefficient (Wildman–Crippen LogP) is 3.18. The number of ether oxygens (including phenoxy) is 1.